The number of rotatable bonds is 5. The normalized spacial score (nSPS) is 10.8. The van der Waals surface area contributed by atoms with Crippen molar-refractivity contribution in [1.82, 2.24) is 10.3 Å². The highest BCUT2D eigenvalue weighted by Gasteiger charge is 2.11. The molecule has 5 heteroatoms. The van der Waals surface area contributed by atoms with Crippen LogP contribution >= 0.6 is 11.6 Å². The highest BCUT2D eigenvalue weighted by molar-refractivity contribution is 6.30. The van der Waals surface area contributed by atoms with E-state index in [1.807, 2.05) is 13.8 Å². The summed E-state index contributed by atoms with van der Waals surface area (Å²) in [6.07, 6.45) is 3.05. The van der Waals surface area contributed by atoms with Crippen molar-refractivity contribution in [3.8, 4) is 11.5 Å². The lowest BCUT2D eigenvalue weighted by molar-refractivity contribution is 0.456. The van der Waals surface area contributed by atoms with Crippen LogP contribution in [0.4, 0.5) is 4.39 Å². The van der Waals surface area contributed by atoms with Crippen LogP contribution in [-0.4, -0.2) is 11.0 Å². The Bertz CT molecular complexity index is 590. The number of hydrogen-bond donors (Lipinski definition) is 1. The molecule has 2 rings (SSSR count). The first-order valence-corrected chi connectivity index (χ1v) is 6.73. The summed E-state index contributed by atoms with van der Waals surface area (Å²) < 4.78 is 19.6. The van der Waals surface area contributed by atoms with Gasteiger partial charge in [0.1, 0.15) is 17.3 Å². The second kappa shape index (κ2) is 6.68. The summed E-state index contributed by atoms with van der Waals surface area (Å²) in [5.74, 6) is 0.641. The van der Waals surface area contributed by atoms with Crippen molar-refractivity contribution in [2.75, 3.05) is 0 Å². The van der Waals surface area contributed by atoms with E-state index in [-0.39, 0.29) is 11.9 Å². The number of aromatic nitrogens is 1. The molecule has 2 aromatic rings. The van der Waals surface area contributed by atoms with Crippen LogP contribution in [0.3, 0.4) is 0 Å². The maximum atomic E-state index is 13.9. The van der Waals surface area contributed by atoms with Crippen LogP contribution in [0.1, 0.15) is 19.4 Å². The first-order chi connectivity index (χ1) is 9.56. The summed E-state index contributed by atoms with van der Waals surface area (Å²) in [6.45, 7) is 4.40. The van der Waals surface area contributed by atoms with Crippen molar-refractivity contribution < 1.29 is 9.13 Å². The molecule has 106 valence electrons. The molecule has 0 bridgehead atoms. The van der Waals surface area contributed by atoms with E-state index in [0.29, 0.717) is 28.6 Å². The lowest BCUT2D eigenvalue weighted by atomic mass is 10.1. The molecule has 0 saturated heterocycles. The number of benzene rings is 1. The van der Waals surface area contributed by atoms with Gasteiger partial charge in [0, 0.05) is 30.4 Å². The van der Waals surface area contributed by atoms with Gasteiger partial charge in [-0.05, 0) is 12.1 Å². The summed E-state index contributed by atoms with van der Waals surface area (Å²) in [7, 11) is 0. The second-order valence-electron chi connectivity index (χ2n) is 4.69. The number of pyridine rings is 1. The molecule has 0 spiro atoms. The molecular weight excluding hydrogens is 279 g/mol. The van der Waals surface area contributed by atoms with E-state index < -0.39 is 0 Å². The van der Waals surface area contributed by atoms with Crippen molar-refractivity contribution in [2.45, 2.75) is 26.4 Å². The molecule has 1 aromatic carbocycles. The van der Waals surface area contributed by atoms with E-state index in [9.17, 15) is 4.39 Å². The third kappa shape index (κ3) is 3.92. The van der Waals surface area contributed by atoms with E-state index in [4.69, 9.17) is 16.3 Å². The Morgan fingerprint density at radius 3 is 2.85 bits per heavy atom. The van der Waals surface area contributed by atoms with E-state index in [2.05, 4.69) is 10.3 Å². The van der Waals surface area contributed by atoms with Crippen molar-refractivity contribution in [3.05, 3.63) is 53.1 Å². The monoisotopic (exact) mass is 294 g/mol. The molecule has 0 aliphatic heterocycles. The number of nitrogens with one attached hydrogen (secondary N) is 1. The fourth-order valence-corrected chi connectivity index (χ4v) is 1.85. The molecule has 1 aromatic heterocycles. The minimum absolute atomic E-state index is 0.260. The minimum atomic E-state index is -0.300. The zero-order chi connectivity index (χ0) is 14.5. The molecule has 1 N–H and O–H groups in total. The maximum Gasteiger partial charge on any atom is 0.147 e. The first kappa shape index (κ1) is 14.8. The van der Waals surface area contributed by atoms with Gasteiger partial charge in [-0.3, -0.25) is 4.98 Å². The average molecular weight is 295 g/mol. The highest BCUT2D eigenvalue weighted by Crippen LogP contribution is 2.28. The lowest BCUT2D eigenvalue weighted by Crippen LogP contribution is -2.22. The average Bonchev–Trinajstić information content (AvgIpc) is 2.38. The van der Waals surface area contributed by atoms with Gasteiger partial charge in [-0.2, -0.15) is 0 Å². The van der Waals surface area contributed by atoms with Crippen LogP contribution in [0.2, 0.25) is 5.02 Å². The van der Waals surface area contributed by atoms with Gasteiger partial charge in [0.05, 0.1) is 11.2 Å². The molecule has 0 atom stereocenters. The van der Waals surface area contributed by atoms with Crippen LogP contribution in [0.25, 0.3) is 0 Å². The lowest BCUT2D eigenvalue weighted by Gasteiger charge is -2.14. The Hall–Kier alpha value is -1.65. The third-order valence-electron chi connectivity index (χ3n) is 2.67. The number of halogens is 2. The molecule has 0 fully saturated rings. The molecule has 20 heavy (non-hydrogen) atoms. The van der Waals surface area contributed by atoms with Crippen LogP contribution in [0, 0.1) is 5.82 Å². The van der Waals surface area contributed by atoms with Gasteiger partial charge in [0.25, 0.3) is 0 Å². The number of hydrogen-bond acceptors (Lipinski definition) is 3. The Labute approximate surface area is 122 Å². The Morgan fingerprint density at radius 1 is 1.35 bits per heavy atom. The van der Waals surface area contributed by atoms with Gasteiger partial charge >= 0.3 is 0 Å². The zero-order valence-corrected chi connectivity index (χ0v) is 12.1. The van der Waals surface area contributed by atoms with E-state index >= 15 is 0 Å². The molecule has 0 unspecified atom stereocenters. The summed E-state index contributed by atoms with van der Waals surface area (Å²) in [5.41, 5.74) is 0.487. The van der Waals surface area contributed by atoms with Crippen LogP contribution < -0.4 is 10.1 Å². The van der Waals surface area contributed by atoms with Gasteiger partial charge in [-0.15, -0.1) is 0 Å². The topological polar surface area (TPSA) is 34.1 Å². The predicted molar refractivity (Wildman–Crippen MR) is 77.7 cm³/mol. The van der Waals surface area contributed by atoms with E-state index in [1.165, 1.54) is 18.5 Å². The molecule has 1 heterocycles. The van der Waals surface area contributed by atoms with Gasteiger partial charge < -0.3 is 10.1 Å². The molecule has 3 nitrogen and oxygen atoms in total. The van der Waals surface area contributed by atoms with E-state index in [1.54, 1.807) is 18.2 Å². The minimum Gasteiger partial charge on any atom is -0.455 e. The van der Waals surface area contributed by atoms with Gasteiger partial charge in [0.15, 0.2) is 0 Å². The quantitative estimate of drug-likeness (QED) is 0.899. The molecular formula is C15H16ClFN2O. The molecule has 0 saturated carbocycles. The van der Waals surface area contributed by atoms with Crippen molar-refractivity contribution in [3.63, 3.8) is 0 Å². The summed E-state index contributed by atoms with van der Waals surface area (Å²) in [4.78, 5) is 3.94. The maximum absolute atomic E-state index is 13.9. The Morgan fingerprint density at radius 2 is 2.15 bits per heavy atom. The van der Waals surface area contributed by atoms with Crippen LogP contribution in [0.5, 0.6) is 11.5 Å². The van der Waals surface area contributed by atoms with Gasteiger partial charge in [0.2, 0.25) is 0 Å². The predicted octanol–water partition coefficient (Wildman–Crippen LogP) is 4.16. The molecule has 0 radical (unpaired) electrons. The smallest absolute Gasteiger partial charge is 0.147 e. The van der Waals surface area contributed by atoms with Gasteiger partial charge in [-0.1, -0.05) is 31.5 Å². The Balaban J connectivity index is 2.24. The SMILES string of the molecule is CC(C)NCc1c(F)cccc1Oc1cncc(Cl)c1. The van der Waals surface area contributed by atoms with Crippen molar-refractivity contribution in [1.29, 1.82) is 0 Å². The van der Waals surface area contributed by atoms with Crippen molar-refractivity contribution >= 4 is 11.6 Å². The van der Waals surface area contributed by atoms with E-state index in [0.717, 1.165) is 0 Å². The number of nitrogens with zero attached hydrogens (tertiary/aromatic N) is 1. The molecule has 0 amide bonds. The standard InChI is InChI=1S/C15H16ClFN2O/c1-10(2)19-9-13-14(17)4-3-5-15(13)20-12-6-11(16)7-18-8-12/h3-8,10,19H,9H2,1-2H3. The molecule has 0 aliphatic rings. The largest absolute Gasteiger partial charge is 0.455 e. The highest BCUT2D eigenvalue weighted by atomic mass is 35.5. The Kier molecular flexibility index (Phi) is 4.93. The molecule has 0 aliphatic carbocycles. The zero-order valence-electron chi connectivity index (χ0n) is 11.4. The fourth-order valence-electron chi connectivity index (χ4n) is 1.69. The second-order valence-corrected chi connectivity index (χ2v) is 5.13. The summed E-state index contributed by atoms with van der Waals surface area (Å²) in [5, 5.41) is 3.65. The van der Waals surface area contributed by atoms with Crippen LogP contribution in [-0.2, 0) is 6.54 Å². The fraction of sp³-hybridized carbons (Fsp3) is 0.267. The van der Waals surface area contributed by atoms with Crippen LogP contribution in [0.15, 0.2) is 36.7 Å². The first-order valence-electron chi connectivity index (χ1n) is 6.35. The summed E-state index contributed by atoms with van der Waals surface area (Å²) in [6, 6.07) is 6.65. The number of ether oxygens (including phenoxy) is 1. The third-order valence-corrected chi connectivity index (χ3v) is 2.88. The van der Waals surface area contributed by atoms with Crippen molar-refractivity contribution in [2.24, 2.45) is 0 Å². The van der Waals surface area contributed by atoms with Gasteiger partial charge in [-0.25, -0.2) is 4.39 Å². The summed E-state index contributed by atoms with van der Waals surface area (Å²) >= 11 is 5.86.